The van der Waals surface area contributed by atoms with E-state index in [4.69, 9.17) is 21.1 Å². The van der Waals surface area contributed by atoms with Crippen LogP contribution in [0.4, 0.5) is 0 Å². The fourth-order valence-corrected chi connectivity index (χ4v) is 3.74. The molecule has 0 N–H and O–H groups in total. The lowest BCUT2D eigenvalue weighted by atomic mass is 10.1. The van der Waals surface area contributed by atoms with E-state index in [0.717, 1.165) is 27.3 Å². The van der Waals surface area contributed by atoms with Gasteiger partial charge in [-0.25, -0.2) is 9.48 Å². The predicted octanol–water partition coefficient (Wildman–Crippen LogP) is 3.71. The van der Waals surface area contributed by atoms with Gasteiger partial charge in [0.15, 0.2) is 0 Å². The van der Waals surface area contributed by atoms with E-state index in [1.165, 1.54) is 4.68 Å². The summed E-state index contributed by atoms with van der Waals surface area (Å²) in [7, 11) is 1.54. The van der Waals surface area contributed by atoms with E-state index in [1.54, 1.807) is 25.2 Å². The fourth-order valence-electron chi connectivity index (χ4n) is 3.51. The summed E-state index contributed by atoms with van der Waals surface area (Å²) in [6.45, 7) is 8.52. The first-order valence-electron chi connectivity index (χ1n) is 10.5. The number of rotatable bonds is 7. The summed E-state index contributed by atoms with van der Waals surface area (Å²) >= 11 is 6.55. The van der Waals surface area contributed by atoms with Crippen LogP contribution in [0.2, 0.25) is 5.02 Å². The van der Waals surface area contributed by atoms with Gasteiger partial charge in [-0.2, -0.15) is 14.5 Å². The van der Waals surface area contributed by atoms with Gasteiger partial charge in [0.25, 0.3) is 0 Å². The topological polar surface area (TPSA) is 89.0 Å². The Bertz CT molecular complexity index is 1370. The highest BCUT2D eigenvalue weighted by Crippen LogP contribution is 2.31. The molecule has 0 bridgehead atoms. The first-order valence-corrected chi connectivity index (χ1v) is 10.9. The van der Waals surface area contributed by atoms with E-state index in [1.807, 2.05) is 50.6 Å². The smallest absolute Gasteiger partial charge is 0.368 e. The van der Waals surface area contributed by atoms with Crippen LogP contribution in [0.5, 0.6) is 11.5 Å². The van der Waals surface area contributed by atoms with Gasteiger partial charge in [-0.15, -0.1) is 0 Å². The van der Waals surface area contributed by atoms with Crippen LogP contribution in [0.25, 0.3) is 11.4 Å². The molecule has 4 aromatic rings. The van der Waals surface area contributed by atoms with Crippen molar-refractivity contribution in [3.8, 4) is 22.9 Å². The first kappa shape index (κ1) is 22.6. The van der Waals surface area contributed by atoms with E-state index < -0.39 is 0 Å². The molecular weight excluding hydrogens is 444 g/mol. The van der Waals surface area contributed by atoms with Gasteiger partial charge in [0.05, 0.1) is 34.3 Å². The second-order valence-electron chi connectivity index (χ2n) is 7.59. The molecule has 172 valence electrons. The molecule has 0 fully saturated rings. The van der Waals surface area contributed by atoms with Crippen molar-refractivity contribution < 1.29 is 9.47 Å². The third-order valence-electron chi connectivity index (χ3n) is 5.54. The van der Waals surface area contributed by atoms with Crippen LogP contribution in [0.1, 0.15) is 29.4 Å². The maximum Gasteiger partial charge on any atom is 0.368 e. The molecular formula is C23H25ClN6O3. The molecule has 0 radical (unpaired) electrons. The average Bonchev–Trinajstić information content (AvgIpc) is 3.26. The first-order chi connectivity index (χ1) is 15.8. The lowest BCUT2D eigenvalue weighted by Crippen LogP contribution is -2.23. The van der Waals surface area contributed by atoms with Gasteiger partial charge in [-0.05, 0) is 74.0 Å². The zero-order valence-corrected chi connectivity index (χ0v) is 19.9. The molecule has 0 aliphatic rings. The van der Waals surface area contributed by atoms with Crippen molar-refractivity contribution in [3.05, 3.63) is 74.4 Å². The number of hydrogen-bond donors (Lipinski definition) is 0. The van der Waals surface area contributed by atoms with Gasteiger partial charge in [0.1, 0.15) is 18.1 Å². The number of nitrogens with zero attached hydrogens (tertiary/aromatic N) is 6. The summed E-state index contributed by atoms with van der Waals surface area (Å²) in [6, 6.07) is 10.9. The van der Waals surface area contributed by atoms with E-state index >= 15 is 0 Å². The molecule has 0 saturated heterocycles. The molecule has 33 heavy (non-hydrogen) atoms. The number of aryl methyl sites for hydroxylation is 2. The maximum atomic E-state index is 12.4. The second kappa shape index (κ2) is 9.11. The Morgan fingerprint density at radius 3 is 2.39 bits per heavy atom. The Kier molecular flexibility index (Phi) is 6.24. The molecule has 0 atom stereocenters. The van der Waals surface area contributed by atoms with Gasteiger partial charge in [-0.3, -0.25) is 0 Å². The van der Waals surface area contributed by atoms with Crippen molar-refractivity contribution in [3.63, 3.8) is 0 Å². The van der Waals surface area contributed by atoms with E-state index in [0.29, 0.717) is 34.4 Å². The van der Waals surface area contributed by atoms with E-state index in [2.05, 4.69) is 15.5 Å². The number of tetrazole rings is 1. The Morgan fingerprint density at radius 2 is 1.79 bits per heavy atom. The van der Waals surface area contributed by atoms with Crippen molar-refractivity contribution in [2.45, 2.75) is 34.3 Å². The zero-order chi connectivity index (χ0) is 23.7. The minimum absolute atomic E-state index is 0.118. The third kappa shape index (κ3) is 4.23. The molecule has 0 unspecified atom stereocenters. The van der Waals surface area contributed by atoms with Crippen LogP contribution in [0.3, 0.4) is 0 Å². The van der Waals surface area contributed by atoms with Gasteiger partial charge in [0, 0.05) is 12.7 Å². The van der Waals surface area contributed by atoms with Crippen LogP contribution in [-0.2, 0) is 13.7 Å². The number of hydrogen-bond acceptors (Lipinski definition) is 6. The number of ether oxygens (including phenoxy) is 2. The molecule has 4 rings (SSSR count). The summed E-state index contributed by atoms with van der Waals surface area (Å²) in [6.07, 6.45) is 0. The van der Waals surface area contributed by atoms with Crippen LogP contribution < -0.4 is 15.2 Å². The van der Waals surface area contributed by atoms with Crippen molar-refractivity contribution in [2.75, 3.05) is 6.61 Å². The normalized spacial score (nSPS) is 11.1. The van der Waals surface area contributed by atoms with Crippen LogP contribution >= 0.6 is 11.6 Å². The maximum absolute atomic E-state index is 12.4. The molecule has 10 heteroatoms. The van der Waals surface area contributed by atoms with Crippen LogP contribution in [-0.4, -0.2) is 36.2 Å². The van der Waals surface area contributed by atoms with E-state index in [9.17, 15) is 4.79 Å². The van der Waals surface area contributed by atoms with Gasteiger partial charge in [-0.1, -0.05) is 17.7 Å². The lowest BCUT2D eigenvalue weighted by molar-refractivity contribution is 0.285. The molecule has 0 aliphatic carbocycles. The van der Waals surface area contributed by atoms with E-state index in [-0.39, 0.29) is 12.3 Å². The highest BCUT2D eigenvalue weighted by atomic mass is 35.5. The summed E-state index contributed by atoms with van der Waals surface area (Å²) in [5, 5.41) is 12.8. The third-order valence-corrected chi connectivity index (χ3v) is 5.84. The quantitative estimate of drug-likeness (QED) is 0.411. The van der Waals surface area contributed by atoms with Gasteiger partial charge < -0.3 is 9.47 Å². The minimum Gasteiger partial charge on any atom is -0.493 e. The van der Waals surface area contributed by atoms with Crippen LogP contribution in [0, 0.1) is 20.8 Å². The molecule has 2 heterocycles. The number of halogens is 1. The Balaban J connectivity index is 1.66. The zero-order valence-electron chi connectivity index (χ0n) is 19.2. The molecule has 9 nitrogen and oxygen atoms in total. The summed E-state index contributed by atoms with van der Waals surface area (Å²) < 4.78 is 16.1. The van der Waals surface area contributed by atoms with Gasteiger partial charge in [0.2, 0.25) is 0 Å². The second-order valence-corrected chi connectivity index (χ2v) is 8.00. The SMILES string of the molecule is CCOc1cccc(-n2nnn(C)c2=O)c1COc1ccc(-n2nc(C)c(C)c2C)cc1Cl. The van der Waals surface area contributed by atoms with Crippen molar-refractivity contribution in [2.24, 2.45) is 7.05 Å². The molecule has 0 saturated carbocycles. The Hall–Kier alpha value is -3.59. The molecule has 0 amide bonds. The van der Waals surface area contributed by atoms with Gasteiger partial charge >= 0.3 is 5.69 Å². The van der Waals surface area contributed by atoms with Crippen molar-refractivity contribution in [1.29, 1.82) is 0 Å². The summed E-state index contributed by atoms with van der Waals surface area (Å²) in [5.74, 6) is 1.10. The van der Waals surface area contributed by atoms with Crippen molar-refractivity contribution in [1.82, 2.24) is 29.6 Å². The highest BCUT2D eigenvalue weighted by molar-refractivity contribution is 6.32. The minimum atomic E-state index is -0.368. The Labute approximate surface area is 196 Å². The summed E-state index contributed by atoms with van der Waals surface area (Å²) in [5.41, 5.74) is 4.85. The molecule has 2 aromatic heterocycles. The largest absolute Gasteiger partial charge is 0.493 e. The fraction of sp³-hybridized carbons (Fsp3) is 0.304. The molecule has 0 spiro atoms. The lowest BCUT2D eigenvalue weighted by Gasteiger charge is -2.16. The summed E-state index contributed by atoms with van der Waals surface area (Å²) in [4.78, 5) is 12.4. The monoisotopic (exact) mass is 468 g/mol. The Morgan fingerprint density at radius 1 is 1.00 bits per heavy atom. The molecule has 0 aliphatic heterocycles. The standard InChI is InChI=1S/C23H25ClN6O3/c1-6-32-21-9-7-8-20(30-23(31)28(5)26-27-30)18(21)13-33-22-11-10-17(12-19(22)24)29-16(4)14(2)15(3)25-29/h7-12H,6,13H2,1-5H3. The number of benzene rings is 2. The van der Waals surface area contributed by atoms with Crippen LogP contribution in [0.15, 0.2) is 41.2 Å². The highest BCUT2D eigenvalue weighted by Gasteiger charge is 2.17. The molecule has 2 aromatic carbocycles. The average molecular weight is 469 g/mol. The number of aromatic nitrogens is 6. The van der Waals surface area contributed by atoms with Crippen molar-refractivity contribution >= 4 is 11.6 Å². The predicted molar refractivity (Wildman–Crippen MR) is 125 cm³/mol.